The molecule has 0 bridgehead atoms. The molecule has 0 unspecified atom stereocenters. The molecule has 1 heterocycles. The maximum absolute atomic E-state index is 11.3. The van der Waals surface area contributed by atoms with E-state index in [2.05, 4.69) is 10.3 Å². The maximum atomic E-state index is 11.3. The molecule has 5 nitrogen and oxygen atoms in total. The van der Waals surface area contributed by atoms with Gasteiger partial charge in [-0.3, -0.25) is 0 Å². The van der Waals surface area contributed by atoms with E-state index in [1.165, 1.54) is 0 Å². The molecule has 0 saturated heterocycles. The van der Waals surface area contributed by atoms with Crippen LogP contribution >= 0.6 is 0 Å². The molecule has 21 heavy (non-hydrogen) atoms. The SMILES string of the molecule is Cc1cc(C)c(C(=O)O)c(NCc2ccc(CO)cc2)n1. The van der Waals surface area contributed by atoms with Gasteiger partial charge in [0.2, 0.25) is 0 Å². The Hall–Kier alpha value is -2.40. The summed E-state index contributed by atoms with van der Waals surface area (Å²) < 4.78 is 0. The van der Waals surface area contributed by atoms with Gasteiger partial charge in [0.1, 0.15) is 11.4 Å². The largest absolute Gasteiger partial charge is 0.478 e. The summed E-state index contributed by atoms with van der Waals surface area (Å²) in [7, 11) is 0. The summed E-state index contributed by atoms with van der Waals surface area (Å²) in [6.07, 6.45) is 0. The first kappa shape index (κ1) is 15.0. The molecule has 110 valence electrons. The van der Waals surface area contributed by atoms with Crippen LogP contribution in [-0.2, 0) is 13.2 Å². The van der Waals surface area contributed by atoms with Crippen LogP contribution in [0.2, 0.25) is 0 Å². The first-order valence-electron chi connectivity index (χ1n) is 6.65. The summed E-state index contributed by atoms with van der Waals surface area (Å²) in [5, 5.41) is 21.4. The van der Waals surface area contributed by atoms with E-state index in [0.717, 1.165) is 16.8 Å². The topological polar surface area (TPSA) is 82.5 Å². The molecule has 5 heteroatoms. The molecule has 1 aromatic heterocycles. The Kier molecular flexibility index (Phi) is 4.55. The average Bonchev–Trinajstić information content (AvgIpc) is 2.44. The lowest BCUT2D eigenvalue weighted by atomic mass is 10.1. The van der Waals surface area contributed by atoms with E-state index >= 15 is 0 Å². The number of hydrogen-bond acceptors (Lipinski definition) is 4. The highest BCUT2D eigenvalue weighted by atomic mass is 16.4. The van der Waals surface area contributed by atoms with E-state index in [1.807, 2.05) is 31.2 Å². The highest BCUT2D eigenvalue weighted by Crippen LogP contribution is 2.19. The van der Waals surface area contributed by atoms with Crippen LogP contribution in [0.15, 0.2) is 30.3 Å². The molecule has 0 atom stereocenters. The number of aromatic nitrogens is 1. The van der Waals surface area contributed by atoms with Crippen LogP contribution in [0.3, 0.4) is 0 Å². The summed E-state index contributed by atoms with van der Waals surface area (Å²) in [4.78, 5) is 15.6. The van der Waals surface area contributed by atoms with Gasteiger partial charge in [-0.25, -0.2) is 9.78 Å². The number of nitrogens with one attached hydrogen (secondary N) is 1. The molecule has 0 fully saturated rings. The quantitative estimate of drug-likeness (QED) is 0.786. The van der Waals surface area contributed by atoms with E-state index in [1.54, 1.807) is 13.0 Å². The van der Waals surface area contributed by atoms with Crippen molar-refractivity contribution in [1.29, 1.82) is 0 Å². The third-order valence-electron chi connectivity index (χ3n) is 3.22. The Morgan fingerprint density at radius 3 is 2.38 bits per heavy atom. The van der Waals surface area contributed by atoms with Crippen molar-refractivity contribution in [3.8, 4) is 0 Å². The van der Waals surface area contributed by atoms with Gasteiger partial charge in [-0.15, -0.1) is 0 Å². The number of aliphatic hydroxyl groups excluding tert-OH is 1. The molecule has 0 radical (unpaired) electrons. The molecular formula is C16H18N2O3. The number of carbonyl (C=O) groups is 1. The number of carboxylic acid groups (broad SMARTS) is 1. The standard InChI is InChI=1S/C16H18N2O3/c1-10-7-11(2)18-15(14(10)16(20)21)17-8-12-3-5-13(9-19)6-4-12/h3-7,19H,8-9H2,1-2H3,(H,17,18)(H,20,21). The van der Waals surface area contributed by atoms with Gasteiger partial charge in [-0.2, -0.15) is 0 Å². The van der Waals surface area contributed by atoms with Gasteiger partial charge >= 0.3 is 5.97 Å². The van der Waals surface area contributed by atoms with Gasteiger partial charge in [-0.05, 0) is 36.6 Å². The number of aromatic carboxylic acids is 1. The normalized spacial score (nSPS) is 10.4. The molecule has 0 aliphatic carbocycles. The molecule has 0 aliphatic heterocycles. The smallest absolute Gasteiger partial charge is 0.339 e. The van der Waals surface area contributed by atoms with Crippen LogP contribution in [0, 0.1) is 13.8 Å². The fraction of sp³-hybridized carbons (Fsp3) is 0.250. The van der Waals surface area contributed by atoms with Crippen LogP contribution in [-0.4, -0.2) is 21.2 Å². The number of pyridine rings is 1. The van der Waals surface area contributed by atoms with Crippen molar-refractivity contribution >= 4 is 11.8 Å². The lowest BCUT2D eigenvalue weighted by Crippen LogP contribution is -2.11. The molecule has 1 aromatic carbocycles. The zero-order valence-corrected chi connectivity index (χ0v) is 12.1. The van der Waals surface area contributed by atoms with E-state index in [9.17, 15) is 9.90 Å². The third kappa shape index (κ3) is 3.58. The maximum Gasteiger partial charge on any atom is 0.339 e. The van der Waals surface area contributed by atoms with Crippen LogP contribution in [0.1, 0.15) is 32.7 Å². The Morgan fingerprint density at radius 2 is 1.81 bits per heavy atom. The minimum atomic E-state index is -0.988. The van der Waals surface area contributed by atoms with Crippen molar-refractivity contribution in [3.05, 3.63) is 58.3 Å². The number of nitrogens with zero attached hydrogens (tertiary/aromatic N) is 1. The van der Waals surface area contributed by atoms with Crippen LogP contribution in [0.5, 0.6) is 0 Å². The van der Waals surface area contributed by atoms with Crippen LogP contribution in [0.4, 0.5) is 5.82 Å². The van der Waals surface area contributed by atoms with E-state index in [4.69, 9.17) is 5.11 Å². The molecule has 0 amide bonds. The van der Waals surface area contributed by atoms with E-state index < -0.39 is 5.97 Å². The molecule has 2 aromatic rings. The second-order valence-corrected chi connectivity index (χ2v) is 4.94. The van der Waals surface area contributed by atoms with E-state index in [0.29, 0.717) is 17.9 Å². The lowest BCUT2D eigenvalue weighted by Gasteiger charge is -2.12. The van der Waals surface area contributed by atoms with Crippen LogP contribution in [0.25, 0.3) is 0 Å². The first-order chi connectivity index (χ1) is 10.0. The first-order valence-corrected chi connectivity index (χ1v) is 6.65. The summed E-state index contributed by atoms with van der Waals surface area (Å²) in [6, 6.07) is 9.21. The Balaban J connectivity index is 2.20. The van der Waals surface area contributed by atoms with Gasteiger partial charge in [0, 0.05) is 12.2 Å². The average molecular weight is 286 g/mol. The zero-order chi connectivity index (χ0) is 15.4. The molecule has 0 spiro atoms. The number of aryl methyl sites for hydroxylation is 2. The number of hydrogen-bond donors (Lipinski definition) is 3. The van der Waals surface area contributed by atoms with Gasteiger partial charge in [-0.1, -0.05) is 24.3 Å². The van der Waals surface area contributed by atoms with Crippen molar-refractivity contribution in [2.24, 2.45) is 0 Å². The van der Waals surface area contributed by atoms with Crippen molar-refractivity contribution in [1.82, 2.24) is 4.98 Å². The minimum absolute atomic E-state index is 0.00943. The highest BCUT2D eigenvalue weighted by Gasteiger charge is 2.15. The highest BCUT2D eigenvalue weighted by molar-refractivity contribution is 5.94. The summed E-state index contributed by atoms with van der Waals surface area (Å²) >= 11 is 0. The van der Waals surface area contributed by atoms with Crippen molar-refractivity contribution in [2.45, 2.75) is 27.0 Å². The molecular weight excluding hydrogens is 268 g/mol. The summed E-state index contributed by atoms with van der Waals surface area (Å²) in [5.41, 5.74) is 3.50. The number of carboxylic acids is 1. The molecule has 3 N–H and O–H groups in total. The fourth-order valence-electron chi connectivity index (χ4n) is 2.18. The second kappa shape index (κ2) is 6.37. The summed E-state index contributed by atoms with van der Waals surface area (Å²) in [6.45, 7) is 4.08. The number of benzene rings is 1. The third-order valence-corrected chi connectivity index (χ3v) is 3.22. The van der Waals surface area contributed by atoms with Crippen LogP contribution < -0.4 is 5.32 Å². The summed E-state index contributed by atoms with van der Waals surface area (Å²) in [5.74, 6) is -0.607. The van der Waals surface area contributed by atoms with Gasteiger partial charge in [0.15, 0.2) is 0 Å². The second-order valence-electron chi connectivity index (χ2n) is 4.94. The predicted octanol–water partition coefficient (Wildman–Crippen LogP) is 2.50. The molecule has 0 aliphatic rings. The Labute approximate surface area is 123 Å². The Morgan fingerprint density at radius 1 is 1.19 bits per heavy atom. The van der Waals surface area contributed by atoms with Crippen molar-refractivity contribution in [2.75, 3.05) is 5.32 Å². The number of anilines is 1. The molecule has 0 saturated carbocycles. The predicted molar refractivity (Wildman–Crippen MR) is 80.4 cm³/mol. The fourth-order valence-corrected chi connectivity index (χ4v) is 2.18. The Bertz CT molecular complexity index is 651. The van der Waals surface area contributed by atoms with E-state index in [-0.39, 0.29) is 12.2 Å². The van der Waals surface area contributed by atoms with Crippen molar-refractivity contribution in [3.63, 3.8) is 0 Å². The molecule has 2 rings (SSSR count). The lowest BCUT2D eigenvalue weighted by molar-refractivity contribution is 0.0696. The zero-order valence-electron chi connectivity index (χ0n) is 12.1. The van der Waals surface area contributed by atoms with Gasteiger partial charge < -0.3 is 15.5 Å². The minimum Gasteiger partial charge on any atom is -0.478 e. The number of aliphatic hydroxyl groups is 1. The number of rotatable bonds is 5. The monoisotopic (exact) mass is 286 g/mol. The van der Waals surface area contributed by atoms with Gasteiger partial charge in [0.25, 0.3) is 0 Å². The van der Waals surface area contributed by atoms with Crippen molar-refractivity contribution < 1.29 is 15.0 Å². The van der Waals surface area contributed by atoms with Gasteiger partial charge in [0.05, 0.1) is 6.61 Å².